The largest absolute Gasteiger partial charge is 0.464 e. The van der Waals surface area contributed by atoms with Crippen molar-refractivity contribution in [3.05, 3.63) is 29.6 Å². The number of hydrogen-bond donors (Lipinski definition) is 1. The summed E-state index contributed by atoms with van der Waals surface area (Å²) < 4.78 is 43.6. The first-order valence-corrected chi connectivity index (χ1v) is 5.65. The highest BCUT2D eigenvalue weighted by Gasteiger charge is 2.59. The fraction of sp³-hybridized carbons (Fsp3) is 0.500. The van der Waals surface area contributed by atoms with Crippen LogP contribution in [0.3, 0.4) is 0 Å². The second-order valence-electron chi connectivity index (χ2n) is 4.13. The molecule has 1 heterocycles. The number of nitrogens with zero attached hydrogens (tertiary/aromatic N) is 1. The van der Waals surface area contributed by atoms with Crippen LogP contribution in [0.2, 0.25) is 0 Å². The topological polar surface area (TPSA) is 65.2 Å². The van der Waals surface area contributed by atoms with Crippen molar-refractivity contribution in [2.24, 2.45) is 5.73 Å². The zero-order chi connectivity index (χ0) is 14.7. The third-order valence-electron chi connectivity index (χ3n) is 2.71. The van der Waals surface area contributed by atoms with Gasteiger partial charge in [-0.25, -0.2) is 4.79 Å². The third kappa shape index (κ3) is 3.23. The first-order valence-electron chi connectivity index (χ1n) is 5.65. The zero-order valence-electron chi connectivity index (χ0n) is 10.6. The molecule has 0 aliphatic heterocycles. The van der Waals surface area contributed by atoms with Crippen LogP contribution in [0, 0.1) is 6.92 Å². The van der Waals surface area contributed by atoms with Crippen LogP contribution in [-0.4, -0.2) is 29.3 Å². The van der Waals surface area contributed by atoms with E-state index in [1.807, 2.05) is 0 Å². The Kier molecular flexibility index (Phi) is 4.52. The van der Waals surface area contributed by atoms with E-state index in [-0.39, 0.29) is 12.3 Å². The molecule has 0 aliphatic carbocycles. The molecular formula is C12H15F3N2O2. The molecule has 19 heavy (non-hydrogen) atoms. The molecule has 0 fully saturated rings. The molecule has 0 radical (unpaired) electrons. The molecular weight excluding hydrogens is 261 g/mol. The average Bonchev–Trinajstić information content (AvgIpc) is 2.30. The molecule has 2 N–H and O–H groups in total. The highest BCUT2D eigenvalue weighted by Crippen LogP contribution is 2.32. The van der Waals surface area contributed by atoms with Crippen molar-refractivity contribution >= 4 is 5.97 Å². The molecule has 1 aromatic heterocycles. The number of aryl methyl sites for hydroxylation is 1. The second kappa shape index (κ2) is 5.56. The van der Waals surface area contributed by atoms with Crippen molar-refractivity contribution in [1.82, 2.24) is 4.98 Å². The smallest absolute Gasteiger partial charge is 0.417 e. The summed E-state index contributed by atoms with van der Waals surface area (Å²) in [6, 6.07) is 3.19. The van der Waals surface area contributed by atoms with Gasteiger partial charge in [0.1, 0.15) is 0 Å². The number of hydrogen-bond acceptors (Lipinski definition) is 4. The van der Waals surface area contributed by atoms with Gasteiger partial charge in [-0.3, -0.25) is 4.98 Å². The Morgan fingerprint density at radius 1 is 1.47 bits per heavy atom. The van der Waals surface area contributed by atoms with E-state index in [0.29, 0.717) is 5.56 Å². The van der Waals surface area contributed by atoms with E-state index in [4.69, 9.17) is 5.73 Å². The Morgan fingerprint density at radius 2 is 2.11 bits per heavy atom. The first kappa shape index (κ1) is 15.4. The van der Waals surface area contributed by atoms with Gasteiger partial charge in [0.2, 0.25) is 5.54 Å². The minimum Gasteiger partial charge on any atom is -0.464 e. The molecule has 4 nitrogen and oxygen atoms in total. The normalized spacial score (nSPS) is 14.8. The predicted molar refractivity (Wildman–Crippen MR) is 62.3 cm³/mol. The monoisotopic (exact) mass is 276 g/mol. The second-order valence-corrected chi connectivity index (χ2v) is 4.13. The van der Waals surface area contributed by atoms with Gasteiger partial charge in [0.05, 0.1) is 6.61 Å². The van der Waals surface area contributed by atoms with Gasteiger partial charge in [0, 0.05) is 18.3 Å². The van der Waals surface area contributed by atoms with Crippen molar-refractivity contribution in [1.29, 1.82) is 0 Å². The summed E-state index contributed by atoms with van der Waals surface area (Å²) in [4.78, 5) is 15.4. The van der Waals surface area contributed by atoms with E-state index in [9.17, 15) is 18.0 Å². The summed E-state index contributed by atoms with van der Waals surface area (Å²) in [6.45, 7) is 2.85. The zero-order valence-corrected chi connectivity index (χ0v) is 10.6. The minimum atomic E-state index is -4.91. The van der Waals surface area contributed by atoms with Crippen LogP contribution in [-0.2, 0) is 16.0 Å². The molecule has 7 heteroatoms. The molecule has 0 aromatic carbocycles. The minimum absolute atomic E-state index is 0.121. The summed E-state index contributed by atoms with van der Waals surface area (Å²) >= 11 is 0. The van der Waals surface area contributed by atoms with Gasteiger partial charge < -0.3 is 10.5 Å². The number of alkyl halides is 3. The third-order valence-corrected chi connectivity index (χ3v) is 2.71. The maximum atomic E-state index is 13.0. The molecule has 0 aliphatic rings. The summed E-state index contributed by atoms with van der Waals surface area (Å²) in [5.41, 5.74) is 2.84. The Hall–Kier alpha value is -1.63. The van der Waals surface area contributed by atoms with Crippen LogP contribution in [0.5, 0.6) is 0 Å². The van der Waals surface area contributed by atoms with Gasteiger partial charge in [0.15, 0.2) is 0 Å². The van der Waals surface area contributed by atoms with E-state index >= 15 is 0 Å². The molecule has 1 unspecified atom stereocenters. The fourth-order valence-electron chi connectivity index (χ4n) is 1.52. The summed E-state index contributed by atoms with van der Waals surface area (Å²) in [6.07, 6.45) is -4.31. The van der Waals surface area contributed by atoms with Crippen molar-refractivity contribution in [3.8, 4) is 0 Å². The number of carbonyl (C=O) groups excluding carboxylic acids is 1. The number of esters is 1. The number of aromatic nitrogens is 1. The number of nitrogens with two attached hydrogens (primary N) is 1. The van der Waals surface area contributed by atoms with Gasteiger partial charge in [0.25, 0.3) is 0 Å². The first-order chi connectivity index (χ1) is 8.72. The summed E-state index contributed by atoms with van der Waals surface area (Å²) in [5.74, 6) is -1.49. The van der Waals surface area contributed by atoms with Gasteiger partial charge >= 0.3 is 12.1 Å². The van der Waals surface area contributed by atoms with Gasteiger partial charge in [-0.1, -0.05) is 6.07 Å². The quantitative estimate of drug-likeness (QED) is 0.851. The highest BCUT2D eigenvalue weighted by molar-refractivity contribution is 5.82. The summed E-state index contributed by atoms with van der Waals surface area (Å²) in [7, 11) is 0. The van der Waals surface area contributed by atoms with Crippen molar-refractivity contribution in [2.75, 3.05) is 6.61 Å². The molecule has 1 rings (SSSR count). The van der Waals surface area contributed by atoms with Crippen molar-refractivity contribution < 1.29 is 22.7 Å². The van der Waals surface area contributed by atoms with Crippen LogP contribution in [0.15, 0.2) is 18.3 Å². The Labute approximate surface area is 108 Å². The molecule has 0 saturated carbocycles. The molecule has 0 amide bonds. The lowest BCUT2D eigenvalue weighted by molar-refractivity contribution is -0.205. The Morgan fingerprint density at radius 3 is 2.58 bits per heavy atom. The maximum Gasteiger partial charge on any atom is 0.417 e. The Bertz CT molecular complexity index is 463. The van der Waals surface area contributed by atoms with Crippen LogP contribution in [0.1, 0.15) is 18.2 Å². The standard InChI is InChI=1S/C12H15F3N2O2/c1-3-19-10(18)11(16,12(13,14)15)7-9-8(2)5-4-6-17-9/h4-6H,3,7,16H2,1-2H3. The van der Waals surface area contributed by atoms with Crippen molar-refractivity contribution in [2.45, 2.75) is 32.0 Å². The van der Waals surface area contributed by atoms with Crippen LogP contribution < -0.4 is 5.73 Å². The van der Waals surface area contributed by atoms with Gasteiger partial charge in [-0.2, -0.15) is 13.2 Å². The van der Waals surface area contributed by atoms with Crippen LogP contribution >= 0.6 is 0 Å². The van der Waals surface area contributed by atoms with E-state index in [1.54, 1.807) is 19.1 Å². The average molecular weight is 276 g/mol. The molecule has 1 aromatic rings. The van der Waals surface area contributed by atoms with Gasteiger partial charge in [-0.05, 0) is 25.5 Å². The lowest BCUT2D eigenvalue weighted by atomic mass is 9.92. The molecule has 0 spiro atoms. The number of carbonyl (C=O) groups is 1. The predicted octanol–water partition coefficient (Wildman–Crippen LogP) is 1.76. The molecule has 0 bridgehead atoms. The summed E-state index contributed by atoms with van der Waals surface area (Å²) in [5, 5.41) is 0. The fourth-order valence-corrected chi connectivity index (χ4v) is 1.52. The SMILES string of the molecule is CCOC(=O)C(N)(Cc1ncccc1C)C(F)(F)F. The molecule has 1 atom stereocenters. The van der Waals surface area contributed by atoms with E-state index in [1.165, 1.54) is 13.1 Å². The molecule has 0 saturated heterocycles. The molecule has 106 valence electrons. The van der Waals surface area contributed by atoms with Gasteiger partial charge in [-0.15, -0.1) is 0 Å². The number of pyridine rings is 1. The van der Waals surface area contributed by atoms with Crippen LogP contribution in [0.25, 0.3) is 0 Å². The lowest BCUT2D eigenvalue weighted by Crippen LogP contribution is -2.62. The lowest BCUT2D eigenvalue weighted by Gasteiger charge is -2.29. The highest BCUT2D eigenvalue weighted by atomic mass is 19.4. The Balaban J connectivity index is 3.13. The van der Waals surface area contributed by atoms with E-state index < -0.39 is 24.1 Å². The number of halogens is 3. The number of ether oxygens (including phenoxy) is 1. The van der Waals surface area contributed by atoms with Crippen molar-refractivity contribution in [3.63, 3.8) is 0 Å². The van der Waals surface area contributed by atoms with E-state index in [0.717, 1.165) is 0 Å². The number of rotatable bonds is 4. The van der Waals surface area contributed by atoms with Crippen LogP contribution in [0.4, 0.5) is 13.2 Å². The maximum absolute atomic E-state index is 13.0. The van der Waals surface area contributed by atoms with E-state index in [2.05, 4.69) is 9.72 Å².